The Kier molecular flexibility index (Phi) is 4.87. The normalized spacial score (nSPS) is 11.8. The molecule has 196 valence electrons. The third kappa shape index (κ3) is 3.36. The topological polar surface area (TPSA) is 43.9 Å². The van der Waals surface area contributed by atoms with E-state index in [1.807, 2.05) is 18.3 Å². The second-order valence-corrected chi connectivity index (χ2v) is 10.7. The highest BCUT2D eigenvalue weighted by atomic mass is 16.3. The zero-order valence-corrected chi connectivity index (χ0v) is 22.5. The molecule has 0 bridgehead atoms. The highest BCUT2D eigenvalue weighted by molar-refractivity contribution is 6.24. The van der Waals surface area contributed by atoms with E-state index < -0.39 is 0 Å². The molecule has 0 unspecified atom stereocenters. The van der Waals surface area contributed by atoms with E-state index in [9.17, 15) is 0 Å². The van der Waals surface area contributed by atoms with Gasteiger partial charge in [0.05, 0.1) is 11.0 Å². The molecule has 0 aliphatic carbocycles. The van der Waals surface area contributed by atoms with Crippen molar-refractivity contribution in [3.8, 4) is 28.2 Å². The number of aromatic nitrogens is 3. The molecular formula is C38H23N3O. The number of furan rings is 1. The highest BCUT2D eigenvalue weighted by Crippen LogP contribution is 2.40. The fraction of sp³-hybridized carbons (Fsp3) is 0. The first kappa shape index (κ1) is 23.0. The summed E-state index contributed by atoms with van der Waals surface area (Å²) in [5.74, 6) is 0.923. The van der Waals surface area contributed by atoms with Crippen LogP contribution in [0, 0.1) is 0 Å². The summed E-state index contributed by atoms with van der Waals surface area (Å²) in [5.41, 5.74) is 8.22. The van der Waals surface area contributed by atoms with Crippen molar-refractivity contribution in [1.82, 2.24) is 14.5 Å². The van der Waals surface area contributed by atoms with E-state index >= 15 is 0 Å². The number of nitrogens with zero attached hydrogens (tertiary/aromatic N) is 3. The Bertz CT molecular complexity index is 2470. The second-order valence-electron chi connectivity index (χ2n) is 10.7. The number of imidazole rings is 1. The lowest BCUT2D eigenvalue weighted by atomic mass is 9.99. The molecule has 0 fully saturated rings. The molecule has 0 N–H and O–H groups in total. The molecule has 0 saturated carbocycles. The highest BCUT2D eigenvalue weighted by Gasteiger charge is 2.20. The van der Waals surface area contributed by atoms with Crippen molar-refractivity contribution in [3.05, 3.63) is 140 Å². The van der Waals surface area contributed by atoms with Crippen LogP contribution in [0.2, 0.25) is 0 Å². The van der Waals surface area contributed by atoms with Gasteiger partial charge in [0, 0.05) is 45.2 Å². The Hall–Kier alpha value is -5.74. The minimum atomic E-state index is 0.849. The standard InChI is InChI=1S/C38H23N3O/c1-2-9-24(10-3-1)38-40-36-30-15-6-4-13-28(30)29-14-5-7-16-31(29)37(36)41(38)27-12-8-11-25(21-27)26-17-18-34-32(22-26)33-23-39-20-19-35(33)42-34/h1-23H. The number of pyridine rings is 1. The van der Waals surface area contributed by atoms with Gasteiger partial charge in [0.1, 0.15) is 17.0 Å². The molecule has 0 spiro atoms. The van der Waals surface area contributed by atoms with E-state index in [0.717, 1.165) is 66.6 Å². The molecule has 6 aromatic carbocycles. The first-order valence-electron chi connectivity index (χ1n) is 14.1. The van der Waals surface area contributed by atoms with Crippen LogP contribution in [0.4, 0.5) is 0 Å². The molecule has 0 atom stereocenters. The van der Waals surface area contributed by atoms with Crippen LogP contribution in [0.3, 0.4) is 0 Å². The zero-order valence-electron chi connectivity index (χ0n) is 22.5. The van der Waals surface area contributed by atoms with Crippen LogP contribution in [-0.4, -0.2) is 14.5 Å². The maximum absolute atomic E-state index is 6.06. The van der Waals surface area contributed by atoms with Gasteiger partial charge in [-0.1, -0.05) is 97.1 Å². The Morgan fingerprint density at radius 1 is 0.500 bits per heavy atom. The fourth-order valence-corrected chi connectivity index (χ4v) is 6.36. The Balaban J connectivity index is 1.35. The van der Waals surface area contributed by atoms with E-state index in [4.69, 9.17) is 9.40 Å². The molecule has 3 aromatic heterocycles. The van der Waals surface area contributed by atoms with Gasteiger partial charge in [-0.2, -0.15) is 0 Å². The maximum atomic E-state index is 6.06. The first-order valence-corrected chi connectivity index (χ1v) is 14.1. The molecule has 0 aliphatic heterocycles. The lowest BCUT2D eigenvalue weighted by Crippen LogP contribution is -1.98. The summed E-state index contributed by atoms with van der Waals surface area (Å²) in [7, 11) is 0. The van der Waals surface area contributed by atoms with Gasteiger partial charge in [-0.15, -0.1) is 0 Å². The van der Waals surface area contributed by atoms with Crippen molar-refractivity contribution in [1.29, 1.82) is 0 Å². The van der Waals surface area contributed by atoms with Gasteiger partial charge in [0.15, 0.2) is 0 Å². The van der Waals surface area contributed by atoms with Gasteiger partial charge in [-0.25, -0.2) is 4.98 Å². The predicted molar refractivity (Wildman–Crippen MR) is 172 cm³/mol. The molecule has 0 saturated heterocycles. The van der Waals surface area contributed by atoms with Crippen LogP contribution >= 0.6 is 0 Å². The van der Waals surface area contributed by atoms with Gasteiger partial charge in [0.25, 0.3) is 0 Å². The average Bonchev–Trinajstić information content (AvgIpc) is 3.65. The van der Waals surface area contributed by atoms with E-state index in [1.165, 1.54) is 16.2 Å². The van der Waals surface area contributed by atoms with Crippen molar-refractivity contribution in [3.63, 3.8) is 0 Å². The summed E-state index contributed by atoms with van der Waals surface area (Å²) in [6.45, 7) is 0. The molecule has 9 aromatic rings. The molecule has 4 nitrogen and oxygen atoms in total. The van der Waals surface area contributed by atoms with Crippen LogP contribution in [0.1, 0.15) is 0 Å². The molecule has 3 heterocycles. The molecule has 0 aliphatic rings. The third-order valence-corrected chi connectivity index (χ3v) is 8.27. The Morgan fingerprint density at radius 2 is 1.19 bits per heavy atom. The van der Waals surface area contributed by atoms with E-state index in [0.29, 0.717) is 0 Å². The number of rotatable bonds is 3. The Morgan fingerprint density at radius 3 is 2.05 bits per heavy atom. The predicted octanol–water partition coefficient (Wildman–Crippen LogP) is 9.96. The number of hydrogen-bond acceptors (Lipinski definition) is 3. The van der Waals surface area contributed by atoms with E-state index in [1.54, 1.807) is 6.20 Å². The molecule has 9 rings (SSSR count). The lowest BCUT2D eigenvalue weighted by Gasteiger charge is -2.14. The van der Waals surface area contributed by atoms with Crippen LogP contribution in [0.5, 0.6) is 0 Å². The number of benzene rings is 6. The number of hydrogen-bond donors (Lipinski definition) is 0. The van der Waals surface area contributed by atoms with Gasteiger partial charge < -0.3 is 4.42 Å². The second kappa shape index (κ2) is 8.88. The smallest absolute Gasteiger partial charge is 0.145 e. The summed E-state index contributed by atoms with van der Waals surface area (Å²) in [4.78, 5) is 9.68. The van der Waals surface area contributed by atoms with Gasteiger partial charge in [-0.3, -0.25) is 9.55 Å². The summed E-state index contributed by atoms with van der Waals surface area (Å²) >= 11 is 0. The van der Waals surface area contributed by atoms with Crippen LogP contribution < -0.4 is 0 Å². The van der Waals surface area contributed by atoms with E-state index in [2.05, 4.69) is 125 Å². The third-order valence-electron chi connectivity index (χ3n) is 8.27. The molecule has 42 heavy (non-hydrogen) atoms. The minimum Gasteiger partial charge on any atom is -0.456 e. The van der Waals surface area contributed by atoms with Crippen molar-refractivity contribution in [2.45, 2.75) is 0 Å². The monoisotopic (exact) mass is 537 g/mol. The van der Waals surface area contributed by atoms with Crippen LogP contribution in [0.15, 0.2) is 144 Å². The van der Waals surface area contributed by atoms with Crippen LogP contribution in [-0.2, 0) is 0 Å². The van der Waals surface area contributed by atoms with Crippen molar-refractivity contribution in [2.75, 3.05) is 0 Å². The molecule has 0 radical (unpaired) electrons. The van der Waals surface area contributed by atoms with Crippen LogP contribution in [0.25, 0.3) is 82.7 Å². The Labute approximate surface area is 241 Å². The quantitative estimate of drug-likeness (QED) is 0.211. The zero-order chi connectivity index (χ0) is 27.6. The maximum Gasteiger partial charge on any atom is 0.145 e. The van der Waals surface area contributed by atoms with Gasteiger partial charge >= 0.3 is 0 Å². The van der Waals surface area contributed by atoms with Gasteiger partial charge in [0.2, 0.25) is 0 Å². The van der Waals surface area contributed by atoms with Crippen molar-refractivity contribution < 1.29 is 4.42 Å². The molecule has 4 heteroatoms. The largest absolute Gasteiger partial charge is 0.456 e. The lowest BCUT2D eigenvalue weighted by molar-refractivity contribution is 0.668. The van der Waals surface area contributed by atoms with Crippen molar-refractivity contribution in [2.24, 2.45) is 0 Å². The van der Waals surface area contributed by atoms with Gasteiger partial charge in [-0.05, 0) is 52.2 Å². The fourth-order valence-electron chi connectivity index (χ4n) is 6.36. The molecule has 0 amide bonds. The van der Waals surface area contributed by atoms with E-state index in [-0.39, 0.29) is 0 Å². The first-order chi connectivity index (χ1) is 20.8. The summed E-state index contributed by atoms with van der Waals surface area (Å²) < 4.78 is 8.39. The number of fused-ring (bicyclic) bond motifs is 9. The van der Waals surface area contributed by atoms with Crippen molar-refractivity contribution >= 4 is 54.5 Å². The minimum absolute atomic E-state index is 0.849. The molecular weight excluding hydrogens is 514 g/mol. The average molecular weight is 538 g/mol. The SMILES string of the molecule is c1ccc(-c2nc3c4ccccc4c4ccccc4c3n2-c2cccc(-c3ccc4oc5ccncc5c4c3)c2)cc1. The summed E-state index contributed by atoms with van der Waals surface area (Å²) in [6, 6.07) is 44.8. The summed E-state index contributed by atoms with van der Waals surface area (Å²) in [6.07, 6.45) is 3.64. The summed E-state index contributed by atoms with van der Waals surface area (Å²) in [5, 5.41) is 6.87.